The van der Waals surface area contributed by atoms with E-state index in [1.165, 1.54) is 6.42 Å². The molecule has 0 aromatic rings. The average Bonchev–Trinajstić information content (AvgIpc) is 2.10. The van der Waals surface area contributed by atoms with E-state index in [-0.39, 0.29) is 0 Å². The summed E-state index contributed by atoms with van der Waals surface area (Å²) < 4.78 is 0. The molecule has 1 spiro atoms. The van der Waals surface area contributed by atoms with E-state index in [0.29, 0.717) is 0 Å². The first-order chi connectivity index (χ1) is 6.81. The molecule has 0 saturated heterocycles. The second-order valence-electron chi connectivity index (χ2n) is 6.60. The van der Waals surface area contributed by atoms with Gasteiger partial charge in [-0.15, -0.1) is 6.58 Å². The van der Waals surface area contributed by atoms with E-state index in [4.69, 9.17) is 0 Å². The van der Waals surface area contributed by atoms with Gasteiger partial charge in [0.15, 0.2) is 0 Å². The SMILES string of the molecule is C=CC1CC23C[C@@H]4CC(C[C@@H](C4)C2)C13. The van der Waals surface area contributed by atoms with Crippen molar-refractivity contribution in [3.63, 3.8) is 0 Å². The smallest absolute Gasteiger partial charge is 0.0194 e. The van der Waals surface area contributed by atoms with Gasteiger partial charge in [0, 0.05) is 0 Å². The Morgan fingerprint density at radius 2 is 1.71 bits per heavy atom. The molecule has 0 heteroatoms. The predicted octanol–water partition coefficient (Wildman–Crippen LogP) is 3.63. The Kier molecular flexibility index (Phi) is 1.30. The molecule has 6 atom stereocenters. The first-order valence-electron chi connectivity index (χ1n) is 6.43. The van der Waals surface area contributed by atoms with Gasteiger partial charge in [-0.05, 0) is 73.5 Å². The zero-order chi connectivity index (χ0) is 9.34. The van der Waals surface area contributed by atoms with E-state index in [1.807, 2.05) is 0 Å². The standard InChI is InChI=1S/C14H20/c1-2-11-8-14-6-9-3-10(7-14)5-12(4-9)13(11)14/h2,9-13H,1,3-8H2/t9-,10+,11?,12?,13?,14?. The van der Waals surface area contributed by atoms with Crippen molar-refractivity contribution in [2.45, 2.75) is 38.5 Å². The third-order valence-corrected chi connectivity index (χ3v) is 5.95. The molecule has 0 nitrogen and oxygen atoms in total. The molecule has 5 aliphatic carbocycles. The van der Waals surface area contributed by atoms with Crippen molar-refractivity contribution in [2.75, 3.05) is 0 Å². The van der Waals surface area contributed by atoms with Crippen molar-refractivity contribution in [1.29, 1.82) is 0 Å². The summed E-state index contributed by atoms with van der Waals surface area (Å²) in [6.07, 6.45) is 11.7. The van der Waals surface area contributed by atoms with Gasteiger partial charge in [-0.25, -0.2) is 0 Å². The first-order valence-corrected chi connectivity index (χ1v) is 6.43. The molecule has 0 N–H and O–H groups in total. The lowest BCUT2D eigenvalue weighted by atomic mass is 9.35. The summed E-state index contributed by atoms with van der Waals surface area (Å²) in [6, 6.07) is 0. The maximum Gasteiger partial charge on any atom is -0.0194 e. The van der Waals surface area contributed by atoms with Gasteiger partial charge in [0.1, 0.15) is 0 Å². The molecule has 0 heterocycles. The number of rotatable bonds is 1. The van der Waals surface area contributed by atoms with Crippen LogP contribution in [0.4, 0.5) is 0 Å². The van der Waals surface area contributed by atoms with E-state index in [0.717, 1.165) is 35.0 Å². The molecule has 0 aromatic carbocycles. The topological polar surface area (TPSA) is 0 Å². The summed E-state index contributed by atoms with van der Waals surface area (Å²) in [5.41, 5.74) is 0.841. The van der Waals surface area contributed by atoms with E-state index >= 15 is 0 Å². The van der Waals surface area contributed by atoms with Gasteiger partial charge in [0.05, 0.1) is 0 Å². The summed E-state index contributed by atoms with van der Waals surface area (Å²) in [4.78, 5) is 0. The molecular formula is C14H20. The van der Waals surface area contributed by atoms with E-state index in [2.05, 4.69) is 12.7 Å². The van der Waals surface area contributed by atoms with Gasteiger partial charge in [0.2, 0.25) is 0 Å². The lowest BCUT2D eigenvalue weighted by molar-refractivity contribution is -0.193. The van der Waals surface area contributed by atoms with Crippen LogP contribution in [0.25, 0.3) is 0 Å². The molecule has 5 aliphatic rings. The lowest BCUT2D eigenvalue weighted by Gasteiger charge is -2.70. The molecular weight excluding hydrogens is 168 g/mol. The minimum Gasteiger partial charge on any atom is -0.103 e. The molecule has 5 fully saturated rings. The minimum atomic E-state index is 0.841. The fourth-order valence-electron chi connectivity index (χ4n) is 6.02. The van der Waals surface area contributed by atoms with Crippen molar-refractivity contribution < 1.29 is 0 Å². The summed E-state index contributed by atoms with van der Waals surface area (Å²) in [5.74, 6) is 5.36. The fourth-order valence-corrected chi connectivity index (χ4v) is 6.02. The van der Waals surface area contributed by atoms with Gasteiger partial charge < -0.3 is 0 Å². The van der Waals surface area contributed by atoms with Gasteiger partial charge in [-0.2, -0.15) is 0 Å². The van der Waals surface area contributed by atoms with Crippen LogP contribution in [0.15, 0.2) is 12.7 Å². The quantitative estimate of drug-likeness (QED) is 0.551. The molecule has 0 amide bonds. The van der Waals surface area contributed by atoms with Gasteiger partial charge in [0.25, 0.3) is 0 Å². The summed E-state index contributed by atoms with van der Waals surface area (Å²) >= 11 is 0. The van der Waals surface area contributed by atoms with Crippen LogP contribution in [0.1, 0.15) is 38.5 Å². The van der Waals surface area contributed by atoms with Crippen LogP contribution in [0, 0.1) is 35.0 Å². The maximum atomic E-state index is 4.03. The Labute approximate surface area is 86.8 Å². The zero-order valence-corrected chi connectivity index (χ0v) is 8.91. The second kappa shape index (κ2) is 2.28. The predicted molar refractivity (Wildman–Crippen MR) is 57.8 cm³/mol. The monoisotopic (exact) mass is 188 g/mol. The van der Waals surface area contributed by atoms with Gasteiger partial charge in [-0.3, -0.25) is 0 Å². The van der Waals surface area contributed by atoms with Crippen molar-refractivity contribution >= 4 is 0 Å². The minimum absolute atomic E-state index is 0.841. The highest BCUT2D eigenvalue weighted by atomic mass is 14.7. The van der Waals surface area contributed by atoms with Crippen LogP contribution in [-0.2, 0) is 0 Å². The molecule has 14 heavy (non-hydrogen) atoms. The second-order valence-corrected chi connectivity index (χ2v) is 6.60. The summed E-state index contributed by atoms with van der Waals surface area (Å²) in [5, 5.41) is 0. The Balaban J connectivity index is 1.73. The Hall–Kier alpha value is -0.260. The molecule has 4 unspecified atom stereocenters. The van der Waals surface area contributed by atoms with Crippen molar-refractivity contribution in [3.05, 3.63) is 12.7 Å². The average molecular weight is 188 g/mol. The fraction of sp³-hybridized carbons (Fsp3) is 0.857. The van der Waals surface area contributed by atoms with E-state index < -0.39 is 0 Å². The summed E-state index contributed by atoms with van der Waals surface area (Å²) in [6.45, 7) is 4.03. The normalized spacial score (nSPS) is 63.3. The van der Waals surface area contributed by atoms with E-state index in [1.54, 1.807) is 32.1 Å². The van der Waals surface area contributed by atoms with Crippen LogP contribution < -0.4 is 0 Å². The summed E-state index contributed by atoms with van der Waals surface area (Å²) in [7, 11) is 0. The van der Waals surface area contributed by atoms with Crippen LogP contribution in [0.5, 0.6) is 0 Å². The highest BCUT2D eigenvalue weighted by Gasteiger charge is 2.64. The number of allylic oxidation sites excluding steroid dienone is 1. The van der Waals surface area contributed by atoms with Crippen LogP contribution in [-0.4, -0.2) is 0 Å². The molecule has 5 saturated carbocycles. The van der Waals surface area contributed by atoms with Crippen molar-refractivity contribution in [1.82, 2.24) is 0 Å². The van der Waals surface area contributed by atoms with Crippen molar-refractivity contribution in [3.8, 4) is 0 Å². The Morgan fingerprint density at radius 3 is 2.29 bits per heavy atom. The van der Waals surface area contributed by atoms with Crippen molar-refractivity contribution in [2.24, 2.45) is 35.0 Å². The van der Waals surface area contributed by atoms with Crippen LogP contribution in [0.2, 0.25) is 0 Å². The molecule has 76 valence electrons. The van der Waals surface area contributed by atoms with E-state index in [9.17, 15) is 0 Å². The molecule has 0 radical (unpaired) electrons. The third-order valence-electron chi connectivity index (χ3n) is 5.95. The molecule has 4 bridgehead atoms. The molecule has 0 aromatic heterocycles. The van der Waals surface area contributed by atoms with Gasteiger partial charge >= 0.3 is 0 Å². The van der Waals surface area contributed by atoms with Crippen LogP contribution >= 0.6 is 0 Å². The maximum absolute atomic E-state index is 4.03. The molecule has 0 aliphatic heterocycles. The Morgan fingerprint density at radius 1 is 1.00 bits per heavy atom. The number of hydrogen-bond donors (Lipinski definition) is 0. The third kappa shape index (κ3) is 0.741. The lowest BCUT2D eigenvalue weighted by Crippen LogP contribution is -2.61. The largest absolute Gasteiger partial charge is 0.103 e. The highest BCUT2D eigenvalue weighted by molar-refractivity contribution is 5.16. The molecule has 5 rings (SSSR count). The first kappa shape index (κ1) is 7.96. The van der Waals surface area contributed by atoms with Crippen LogP contribution in [0.3, 0.4) is 0 Å². The highest BCUT2D eigenvalue weighted by Crippen LogP contribution is 2.72. The Bertz CT molecular complexity index is 276. The zero-order valence-electron chi connectivity index (χ0n) is 8.91. The van der Waals surface area contributed by atoms with Gasteiger partial charge in [-0.1, -0.05) is 6.08 Å². The number of hydrogen-bond acceptors (Lipinski definition) is 0.